The lowest BCUT2D eigenvalue weighted by atomic mass is 9.65. The first kappa shape index (κ1) is 28.8. The first-order valence-corrected chi connectivity index (χ1v) is 14.7. The van der Waals surface area contributed by atoms with E-state index in [4.69, 9.17) is 9.47 Å². The van der Waals surface area contributed by atoms with Gasteiger partial charge in [0, 0.05) is 23.0 Å². The van der Waals surface area contributed by atoms with Gasteiger partial charge < -0.3 is 24.8 Å². The maximum atomic E-state index is 12.1. The molecule has 0 radical (unpaired) electrons. The van der Waals surface area contributed by atoms with Crippen LogP contribution in [0.25, 0.3) is 0 Å². The Labute approximate surface area is 242 Å². The second-order valence-corrected chi connectivity index (χ2v) is 11.7. The molecule has 2 heterocycles. The molecule has 0 aliphatic carbocycles. The lowest BCUT2D eigenvalue weighted by Gasteiger charge is -2.43. The molecule has 3 N–H and O–H groups in total. The van der Waals surface area contributed by atoms with E-state index >= 15 is 0 Å². The van der Waals surface area contributed by atoms with Crippen LogP contribution in [0.4, 0.5) is 0 Å². The number of hydrogen-bond acceptors (Lipinski definition) is 6. The number of phenolic OH excluding ortho intramolecular Hbond substituents is 2. The zero-order valence-corrected chi connectivity index (χ0v) is 24.0. The van der Waals surface area contributed by atoms with Crippen molar-refractivity contribution in [3.8, 4) is 23.0 Å². The van der Waals surface area contributed by atoms with E-state index in [9.17, 15) is 20.1 Å². The Bertz CT molecular complexity index is 1340. The van der Waals surface area contributed by atoms with Crippen molar-refractivity contribution in [3.63, 3.8) is 0 Å². The number of carboxylic acids is 1. The van der Waals surface area contributed by atoms with Crippen molar-refractivity contribution in [1.29, 1.82) is 0 Å². The highest BCUT2D eigenvalue weighted by Gasteiger charge is 2.44. The van der Waals surface area contributed by atoms with E-state index in [0.717, 1.165) is 67.6 Å². The largest absolute Gasteiger partial charge is 0.508 e. The van der Waals surface area contributed by atoms with Gasteiger partial charge in [0.05, 0.1) is 13.2 Å². The summed E-state index contributed by atoms with van der Waals surface area (Å²) in [4.78, 5) is 14.2. The molecule has 2 aliphatic rings. The van der Waals surface area contributed by atoms with Gasteiger partial charge in [-0.15, -0.1) is 0 Å². The fraction of sp³-hybridized carbons (Fsp3) is 0.441. The second-order valence-electron chi connectivity index (χ2n) is 11.7. The summed E-state index contributed by atoms with van der Waals surface area (Å²) < 4.78 is 12.2. The third-order valence-electron chi connectivity index (χ3n) is 9.16. The highest BCUT2D eigenvalue weighted by atomic mass is 16.5. The molecule has 7 nitrogen and oxygen atoms in total. The van der Waals surface area contributed by atoms with Gasteiger partial charge in [-0.3, -0.25) is 9.69 Å². The smallest absolute Gasteiger partial charge is 0.324 e. The topological polar surface area (TPSA) is 99.5 Å². The van der Waals surface area contributed by atoms with Crippen LogP contribution in [-0.4, -0.2) is 58.0 Å². The minimum absolute atomic E-state index is 0.0388. The first-order chi connectivity index (χ1) is 19.8. The van der Waals surface area contributed by atoms with Gasteiger partial charge in [0.15, 0.2) is 0 Å². The predicted octanol–water partition coefficient (Wildman–Crippen LogP) is 6.46. The number of carbonyl (C=O) groups is 1. The van der Waals surface area contributed by atoms with Gasteiger partial charge in [-0.1, -0.05) is 44.2 Å². The number of benzene rings is 3. The Morgan fingerprint density at radius 1 is 1.00 bits per heavy atom. The van der Waals surface area contributed by atoms with E-state index in [2.05, 4.69) is 24.0 Å². The van der Waals surface area contributed by atoms with E-state index in [0.29, 0.717) is 25.4 Å². The summed E-state index contributed by atoms with van der Waals surface area (Å²) in [5, 5.41) is 29.8. The molecule has 3 aromatic carbocycles. The van der Waals surface area contributed by atoms with Crippen LogP contribution in [0.1, 0.15) is 75.0 Å². The summed E-state index contributed by atoms with van der Waals surface area (Å²) in [5.41, 5.74) is 2.05. The van der Waals surface area contributed by atoms with Crippen molar-refractivity contribution >= 4 is 5.97 Å². The first-order valence-electron chi connectivity index (χ1n) is 14.7. The number of hydrogen-bond donors (Lipinski definition) is 3. The van der Waals surface area contributed by atoms with Crippen LogP contribution in [0.3, 0.4) is 0 Å². The lowest BCUT2D eigenvalue weighted by molar-refractivity contribution is -0.154. The van der Waals surface area contributed by atoms with Crippen LogP contribution >= 0.6 is 0 Å². The number of unbranched alkanes of at least 4 members (excludes halogenated alkanes) is 1. The van der Waals surface area contributed by atoms with Crippen molar-refractivity contribution in [2.45, 2.75) is 69.2 Å². The minimum atomic E-state index is -0.717. The molecule has 0 bridgehead atoms. The van der Waals surface area contributed by atoms with Gasteiger partial charge >= 0.3 is 5.97 Å². The third kappa shape index (κ3) is 5.73. The van der Waals surface area contributed by atoms with Crippen molar-refractivity contribution < 1.29 is 29.6 Å². The average molecular weight is 560 g/mol. The highest BCUT2D eigenvalue weighted by Crippen LogP contribution is 2.50. The standard InChI is InChI=1S/C34H41NO6/c1-3-34(32(38)39)18-4-5-19-35(34)20-6-7-21-40-28-15-8-24(9-16-28)31-29-17-14-27(37)22-30(29)41-23-33(31,2)25-10-12-26(36)13-11-25/h8-17,22,31,36-37H,3-7,18-21,23H2,1-2H3,(H,38,39). The number of rotatable bonds is 10. The number of carboxylic acid groups (broad SMARTS) is 1. The van der Waals surface area contributed by atoms with Gasteiger partial charge in [0.25, 0.3) is 0 Å². The number of phenols is 2. The predicted molar refractivity (Wildman–Crippen MR) is 158 cm³/mol. The lowest BCUT2D eigenvalue weighted by Crippen LogP contribution is -2.57. The summed E-state index contributed by atoms with van der Waals surface area (Å²) >= 11 is 0. The van der Waals surface area contributed by atoms with Gasteiger partial charge in [0.2, 0.25) is 0 Å². The van der Waals surface area contributed by atoms with Crippen molar-refractivity contribution in [2.24, 2.45) is 0 Å². The maximum Gasteiger partial charge on any atom is 0.324 e. The van der Waals surface area contributed by atoms with Gasteiger partial charge in [-0.25, -0.2) is 0 Å². The molecule has 1 saturated heterocycles. The minimum Gasteiger partial charge on any atom is -0.508 e. The Balaban J connectivity index is 1.26. The number of aromatic hydroxyl groups is 2. The molecule has 0 spiro atoms. The molecule has 41 heavy (non-hydrogen) atoms. The molecule has 5 rings (SSSR count). The summed E-state index contributed by atoms with van der Waals surface area (Å²) in [5.74, 6) is 1.13. The van der Waals surface area contributed by atoms with Gasteiger partial charge in [-0.2, -0.15) is 0 Å². The zero-order valence-electron chi connectivity index (χ0n) is 24.0. The number of ether oxygens (including phenoxy) is 2. The molecule has 2 aliphatic heterocycles. The van der Waals surface area contributed by atoms with E-state index in [-0.39, 0.29) is 17.4 Å². The molecule has 0 aromatic heterocycles. The van der Waals surface area contributed by atoms with Crippen LogP contribution in [0.5, 0.6) is 23.0 Å². The number of likely N-dealkylation sites (tertiary alicyclic amines) is 1. The van der Waals surface area contributed by atoms with E-state index < -0.39 is 16.9 Å². The Kier molecular flexibility index (Phi) is 8.45. The summed E-state index contributed by atoms with van der Waals surface area (Å²) in [6.45, 7) is 6.77. The Morgan fingerprint density at radius 3 is 2.44 bits per heavy atom. The Morgan fingerprint density at radius 2 is 1.73 bits per heavy atom. The number of nitrogens with zero attached hydrogens (tertiary/aromatic N) is 1. The number of piperidine rings is 1. The van der Waals surface area contributed by atoms with Crippen molar-refractivity contribution in [3.05, 3.63) is 83.4 Å². The fourth-order valence-electron chi connectivity index (χ4n) is 6.74. The molecule has 1 fully saturated rings. The molecular weight excluding hydrogens is 518 g/mol. The second kappa shape index (κ2) is 12.0. The van der Waals surface area contributed by atoms with Crippen molar-refractivity contribution in [2.75, 3.05) is 26.3 Å². The third-order valence-corrected chi connectivity index (χ3v) is 9.16. The van der Waals surface area contributed by atoms with Crippen LogP contribution < -0.4 is 9.47 Å². The molecule has 3 atom stereocenters. The van der Waals surface area contributed by atoms with E-state index in [1.807, 2.05) is 37.3 Å². The van der Waals surface area contributed by atoms with Crippen molar-refractivity contribution in [1.82, 2.24) is 4.90 Å². The maximum absolute atomic E-state index is 12.1. The molecule has 0 amide bonds. The van der Waals surface area contributed by atoms with Gasteiger partial charge in [0.1, 0.15) is 28.5 Å². The van der Waals surface area contributed by atoms with Crippen LogP contribution in [-0.2, 0) is 10.2 Å². The van der Waals surface area contributed by atoms with E-state index in [1.54, 1.807) is 24.3 Å². The molecule has 218 valence electrons. The molecular formula is C34H41NO6. The molecule has 3 unspecified atom stereocenters. The van der Waals surface area contributed by atoms with Crippen LogP contribution in [0.2, 0.25) is 0 Å². The van der Waals surface area contributed by atoms with E-state index in [1.165, 1.54) is 0 Å². The molecule has 0 saturated carbocycles. The van der Waals surface area contributed by atoms with Crippen LogP contribution in [0, 0.1) is 0 Å². The summed E-state index contributed by atoms with van der Waals surface area (Å²) in [7, 11) is 0. The van der Waals surface area contributed by atoms with Crippen LogP contribution in [0.15, 0.2) is 66.7 Å². The monoisotopic (exact) mass is 559 g/mol. The average Bonchev–Trinajstić information content (AvgIpc) is 2.98. The molecule has 3 aromatic rings. The zero-order chi connectivity index (χ0) is 29.0. The fourth-order valence-corrected chi connectivity index (χ4v) is 6.74. The molecule has 7 heteroatoms. The Hall–Kier alpha value is -3.71. The summed E-state index contributed by atoms with van der Waals surface area (Å²) in [6, 6.07) is 20.8. The SMILES string of the molecule is CCC1(C(=O)O)CCCCN1CCCCOc1ccc(C2c3ccc(O)cc3OCC2(C)c2ccc(O)cc2)cc1. The normalized spacial score (nSPS) is 24.3. The number of aliphatic carboxylic acids is 1. The summed E-state index contributed by atoms with van der Waals surface area (Å²) in [6.07, 6.45) is 5.15. The van der Waals surface area contributed by atoms with Gasteiger partial charge in [-0.05, 0) is 93.1 Å². The quantitative estimate of drug-likeness (QED) is 0.245. The number of fused-ring (bicyclic) bond motifs is 1. The highest BCUT2D eigenvalue weighted by molar-refractivity contribution is 5.78.